The van der Waals surface area contributed by atoms with E-state index in [0.717, 1.165) is 16.3 Å². The highest BCUT2D eigenvalue weighted by Crippen LogP contribution is 2.17. The van der Waals surface area contributed by atoms with E-state index in [1.54, 1.807) is 18.2 Å². The van der Waals surface area contributed by atoms with Crippen molar-refractivity contribution in [3.05, 3.63) is 65.5 Å². The lowest BCUT2D eigenvalue weighted by Gasteiger charge is -2.30. The van der Waals surface area contributed by atoms with E-state index in [9.17, 15) is 22.4 Å². The SMILES string of the molecule is CCCNC(=O)[C@@H](C)N(Cc1ccccc1F)C(=O)CN(C)S(=O)(=O)c1ccc(C)cc1. The van der Waals surface area contributed by atoms with E-state index < -0.39 is 34.3 Å². The predicted octanol–water partition coefficient (Wildman–Crippen LogP) is 2.70. The highest BCUT2D eigenvalue weighted by molar-refractivity contribution is 7.89. The maximum absolute atomic E-state index is 14.2. The quantitative estimate of drug-likeness (QED) is 0.587. The second kappa shape index (κ2) is 11.2. The van der Waals surface area contributed by atoms with Gasteiger partial charge in [0.1, 0.15) is 11.9 Å². The Labute approximate surface area is 189 Å². The molecular weight excluding hydrogens is 433 g/mol. The number of rotatable bonds is 10. The minimum Gasteiger partial charge on any atom is -0.354 e. The first-order valence-corrected chi connectivity index (χ1v) is 11.9. The molecule has 0 radical (unpaired) electrons. The third-order valence-electron chi connectivity index (χ3n) is 5.10. The van der Waals surface area contributed by atoms with E-state index >= 15 is 0 Å². The van der Waals surface area contributed by atoms with E-state index in [1.165, 1.54) is 49.2 Å². The zero-order valence-electron chi connectivity index (χ0n) is 18.8. The molecule has 0 spiro atoms. The molecule has 32 heavy (non-hydrogen) atoms. The number of hydrogen-bond acceptors (Lipinski definition) is 4. The van der Waals surface area contributed by atoms with Crippen LogP contribution in [0.3, 0.4) is 0 Å². The number of nitrogens with zero attached hydrogens (tertiary/aromatic N) is 2. The van der Waals surface area contributed by atoms with E-state index in [-0.39, 0.29) is 22.9 Å². The lowest BCUT2D eigenvalue weighted by atomic mass is 10.1. The number of hydrogen-bond donors (Lipinski definition) is 1. The molecule has 0 saturated heterocycles. The van der Waals surface area contributed by atoms with Crippen LogP contribution >= 0.6 is 0 Å². The zero-order chi connectivity index (χ0) is 23.9. The van der Waals surface area contributed by atoms with Crippen molar-refractivity contribution in [3.8, 4) is 0 Å². The molecule has 0 saturated carbocycles. The van der Waals surface area contributed by atoms with Gasteiger partial charge in [-0.3, -0.25) is 9.59 Å². The standard InChI is InChI=1S/C23H30FN3O4S/c1-5-14-25-23(29)18(3)27(15-19-8-6-7-9-21(19)24)22(28)16-26(4)32(30,31)20-12-10-17(2)11-13-20/h6-13,18H,5,14-16H2,1-4H3,(H,25,29)/t18-/m1/s1. The number of likely N-dealkylation sites (N-methyl/N-ethyl adjacent to an activating group) is 1. The Morgan fingerprint density at radius 1 is 1.09 bits per heavy atom. The Bertz CT molecular complexity index is 1040. The minimum absolute atomic E-state index is 0.0628. The average Bonchev–Trinajstić information content (AvgIpc) is 2.76. The first-order valence-electron chi connectivity index (χ1n) is 10.4. The van der Waals surface area contributed by atoms with Crippen LogP contribution in [0.4, 0.5) is 4.39 Å². The van der Waals surface area contributed by atoms with Crippen LogP contribution in [0.2, 0.25) is 0 Å². The first kappa shape index (κ1) is 25.5. The maximum Gasteiger partial charge on any atom is 0.243 e. The number of nitrogens with one attached hydrogen (secondary N) is 1. The zero-order valence-corrected chi connectivity index (χ0v) is 19.7. The predicted molar refractivity (Wildman–Crippen MR) is 121 cm³/mol. The number of benzene rings is 2. The Morgan fingerprint density at radius 3 is 2.31 bits per heavy atom. The molecule has 0 heterocycles. The molecule has 174 valence electrons. The number of aryl methyl sites for hydroxylation is 1. The molecule has 7 nitrogen and oxygen atoms in total. The summed E-state index contributed by atoms with van der Waals surface area (Å²) in [6.07, 6.45) is 0.719. The van der Waals surface area contributed by atoms with Crippen molar-refractivity contribution in [2.45, 2.75) is 44.7 Å². The second-order valence-electron chi connectivity index (χ2n) is 7.65. The van der Waals surface area contributed by atoms with Gasteiger partial charge in [-0.25, -0.2) is 12.8 Å². The van der Waals surface area contributed by atoms with Crippen molar-refractivity contribution < 1.29 is 22.4 Å². The lowest BCUT2D eigenvalue weighted by Crippen LogP contribution is -2.50. The highest BCUT2D eigenvalue weighted by Gasteiger charge is 2.30. The summed E-state index contributed by atoms with van der Waals surface area (Å²) in [5, 5.41) is 2.72. The summed E-state index contributed by atoms with van der Waals surface area (Å²) in [7, 11) is -2.61. The molecule has 1 N–H and O–H groups in total. The van der Waals surface area contributed by atoms with Crippen LogP contribution < -0.4 is 5.32 Å². The Morgan fingerprint density at radius 2 is 1.72 bits per heavy atom. The molecule has 0 unspecified atom stereocenters. The number of halogens is 1. The molecule has 1 atom stereocenters. The molecule has 0 aliphatic carbocycles. The van der Waals surface area contributed by atoms with Gasteiger partial charge in [0.2, 0.25) is 21.8 Å². The summed E-state index contributed by atoms with van der Waals surface area (Å²) in [6, 6.07) is 11.4. The van der Waals surface area contributed by atoms with Crippen LogP contribution in [0.1, 0.15) is 31.4 Å². The molecule has 0 aliphatic rings. The highest BCUT2D eigenvalue weighted by atomic mass is 32.2. The van der Waals surface area contributed by atoms with Crippen molar-refractivity contribution in [2.75, 3.05) is 20.1 Å². The molecule has 0 aliphatic heterocycles. The molecule has 0 aromatic heterocycles. The summed E-state index contributed by atoms with van der Waals surface area (Å²) >= 11 is 0. The van der Waals surface area contributed by atoms with Gasteiger partial charge in [0.25, 0.3) is 0 Å². The van der Waals surface area contributed by atoms with Crippen LogP contribution in [0.25, 0.3) is 0 Å². The van der Waals surface area contributed by atoms with E-state index in [4.69, 9.17) is 0 Å². The fourth-order valence-electron chi connectivity index (χ4n) is 3.05. The van der Waals surface area contributed by atoms with Crippen molar-refractivity contribution in [2.24, 2.45) is 0 Å². The van der Waals surface area contributed by atoms with Gasteiger partial charge in [0.15, 0.2) is 0 Å². The molecule has 2 amide bonds. The Hall–Kier alpha value is -2.78. The fourth-order valence-corrected chi connectivity index (χ4v) is 4.17. The number of carbonyl (C=O) groups excluding carboxylic acids is 2. The van der Waals surface area contributed by atoms with Crippen LogP contribution in [-0.4, -0.2) is 55.6 Å². The Balaban J connectivity index is 2.27. The summed E-state index contributed by atoms with van der Waals surface area (Å²) in [4.78, 5) is 26.9. The molecule has 2 aromatic rings. The molecular formula is C23H30FN3O4S. The first-order chi connectivity index (χ1) is 15.1. The third-order valence-corrected chi connectivity index (χ3v) is 6.92. The summed E-state index contributed by atoms with van der Waals surface area (Å²) in [6.45, 7) is 5.07. The van der Waals surface area contributed by atoms with Crippen LogP contribution in [0.5, 0.6) is 0 Å². The Kier molecular flexibility index (Phi) is 8.91. The number of carbonyl (C=O) groups is 2. The smallest absolute Gasteiger partial charge is 0.243 e. The van der Waals surface area contributed by atoms with Gasteiger partial charge >= 0.3 is 0 Å². The topological polar surface area (TPSA) is 86.8 Å². The van der Waals surface area contributed by atoms with E-state index in [0.29, 0.717) is 6.54 Å². The van der Waals surface area contributed by atoms with Crippen molar-refractivity contribution in [1.29, 1.82) is 0 Å². The van der Waals surface area contributed by atoms with Gasteiger partial charge in [0, 0.05) is 25.7 Å². The average molecular weight is 464 g/mol. The lowest BCUT2D eigenvalue weighted by molar-refractivity contribution is -0.140. The van der Waals surface area contributed by atoms with Crippen molar-refractivity contribution in [1.82, 2.24) is 14.5 Å². The summed E-state index contributed by atoms with van der Waals surface area (Å²) in [5.74, 6) is -1.50. The van der Waals surface area contributed by atoms with Crippen LogP contribution in [-0.2, 0) is 26.2 Å². The van der Waals surface area contributed by atoms with Gasteiger partial charge in [-0.05, 0) is 38.5 Å². The van der Waals surface area contributed by atoms with Gasteiger partial charge in [-0.15, -0.1) is 0 Å². The molecule has 0 fully saturated rings. The van der Waals surface area contributed by atoms with Gasteiger partial charge < -0.3 is 10.2 Å². The van der Waals surface area contributed by atoms with Crippen LogP contribution in [0.15, 0.2) is 53.4 Å². The fraction of sp³-hybridized carbons (Fsp3) is 0.391. The molecule has 0 bridgehead atoms. The van der Waals surface area contributed by atoms with Gasteiger partial charge in [-0.1, -0.05) is 42.8 Å². The van der Waals surface area contributed by atoms with Gasteiger partial charge in [0.05, 0.1) is 11.4 Å². The van der Waals surface area contributed by atoms with Gasteiger partial charge in [-0.2, -0.15) is 4.31 Å². The summed E-state index contributed by atoms with van der Waals surface area (Å²) < 4.78 is 40.9. The monoisotopic (exact) mass is 463 g/mol. The minimum atomic E-state index is -3.91. The van der Waals surface area contributed by atoms with E-state index in [2.05, 4.69) is 5.32 Å². The largest absolute Gasteiger partial charge is 0.354 e. The molecule has 2 rings (SSSR count). The normalized spacial score (nSPS) is 12.4. The molecule has 9 heteroatoms. The second-order valence-corrected chi connectivity index (χ2v) is 9.70. The van der Waals surface area contributed by atoms with Crippen molar-refractivity contribution in [3.63, 3.8) is 0 Å². The van der Waals surface area contributed by atoms with Crippen LogP contribution in [0, 0.1) is 12.7 Å². The van der Waals surface area contributed by atoms with Crippen molar-refractivity contribution >= 4 is 21.8 Å². The maximum atomic E-state index is 14.2. The van der Waals surface area contributed by atoms with E-state index in [1.807, 2.05) is 13.8 Å². The summed E-state index contributed by atoms with van der Waals surface area (Å²) in [5.41, 5.74) is 1.14. The molecule has 2 aromatic carbocycles. The number of sulfonamides is 1. The number of amides is 2. The third kappa shape index (κ3) is 6.37.